The van der Waals surface area contributed by atoms with Crippen molar-refractivity contribution in [1.82, 2.24) is 5.32 Å². The average Bonchev–Trinajstić information content (AvgIpc) is 2.54. The summed E-state index contributed by atoms with van der Waals surface area (Å²) in [5.74, 6) is -2.20. The summed E-state index contributed by atoms with van der Waals surface area (Å²) in [6.45, 7) is 1.65. The van der Waals surface area contributed by atoms with Gasteiger partial charge in [0, 0.05) is 11.6 Å². The number of aromatic amines is 1. The molecule has 0 saturated heterocycles. The van der Waals surface area contributed by atoms with Crippen LogP contribution in [0.15, 0.2) is 42.6 Å². The number of halogens is 7. The second kappa shape index (κ2) is 7.26. The summed E-state index contributed by atoms with van der Waals surface area (Å²) in [5, 5.41) is 2.44. The van der Waals surface area contributed by atoms with Crippen LogP contribution in [-0.2, 0) is 0 Å². The number of hydrogen-bond acceptors (Lipinski definition) is 2. The second-order valence-corrected chi connectivity index (χ2v) is 6.05. The van der Waals surface area contributed by atoms with Gasteiger partial charge in [-0.2, -0.15) is 26.3 Å². The Hall–Kier alpha value is -2.49. The highest BCUT2D eigenvalue weighted by atomic mass is 35.5. The van der Waals surface area contributed by atoms with E-state index in [-0.39, 0.29) is 10.6 Å². The molecule has 0 saturated carbocycles. The number of carbonyl (C=O) groups is 1. The monoisotopic (exact) mass is 412 g/mol. The number of rotatable bonds is 4. The summed E-state index contributed by atoms with van der Waals surface area (Å²) in [6, 6.07) is 6.98. The minimum atomic E-state index is -5.92. The molecule has 0 fully saturated rings. The molecule has 0 aliphatic heterocycles. The Balaban J connectivity index is 2.49. The van der Waals surface area contributed by atoms with E-state index in [0.717, 1.165) is 35.8 Å². The zero-order valence-electron chi connectivity index (χ0n) is 13.6. The highest BCUT2D eigenvalue weighted by Gasteiger charge is 2.76. The maximum Gasteiger partial charge on any atom is 0.462 e. The number of aryl methyl sites for hydroxylation is 1. The van der Waals surface area contributed by atoms with Gasteiger partial charge < -0.3 is 0 Å². The quantitative estimate of drug-likeness (QED) is 0.586. The van der Waals surface area contributed by atoms with Crippen molar-refractivity contribution in [2.24, 2.45) is 0 Å². The van der Waals surface area contributed by atoms with Crippen molar-refractivity contribution in [3.63, 3.8) is 0 Å². The van der Waals surface area contributed by atoms with Crippen molar-refractivity contribution in [2.45, 2.75) is 24.9 Å². The number of benzene rings is 1. The SMILES string of the molecule is Cc1ccc(C(=O)NC(Nc2ccc(Cl)c[nH+]2)(C(F)(F)F)C(F)(F)F)cc1. The lowest BCUT2D eigenvalue weighted by atomic mass is 10.1. The van der Waals surface area contributed by atoms with E-state index >= 15 is 0 Å². The average molecular weight is 413 g/mol. The van der Waals surface area contributed by atoms with Gasteiger partial charge in [0.2, 0.25) is 0 Å². The number of carbonyl (C=O) groups excluding carboxylic acids is 1. The Kier molecular flexibility index (Phi) is 5.60. The summed E-state index contributed by atoms with van der Waals surface area (Å²) in [4.78, 5) is 14.3. The van der Waals surface area contributed by atoms with Crippen molar-refractivity contribution in [3.05, 3.63) is 58.7 Å². The first-order valence-electron chi connectivity index (χ1n) is 7.34. The minimum Gasteiger partial charge on any atom is -0.296 e. The first-order valence-corrected chi connectivity index (χ1v) is 7.71. The molecule has 11 heteroatoms. The number of pyridine rings is 1. The fraction of sp³-hybridized carbons (Fsp3) is 0.250. The van der Waals surface area contributed by atoms with Gasteiger partial charge in [0.25, 0.3) is 11.7 Å². The molecule has 2 rings (SSSR count). The van der Waals surface area contributed by atoms with Crippen LogP contribution in [0.5, 0.6) is 0 Å². The molecule has 0 radical (unpaired) electrons. The lowest BCUT2D eigenvalue weighted by molar-refractivity contribution is -0.367. The van der Waals surface area contributed by atoms with Gasteiger partial charge in [-0.1, -0.05) is 29.3 Å². The molecule has 146 valence electrons. The van der Waals surface area contributed by atoms with Crippen LogP contribution in [0.25, 0.3) is 0 Å². The van der Waals surface area contributed by atoms with E-state index in [1.807, 2.05) is 0 Å². The molecule has 0 spiro atoms. The third-order valence-corrected chi connectivity index (χ3v) is 3.80. The van der Waals surface area contributed by atoms with E-state index in [1.165, 1.54) is 17.4 Å². The molecule has 2 aromatic rings. The van der Waals surface area contributed by atoms with Crippen LogP contribution in [0.2, 0.25) is 5.02 Å². The number of aromatic nitrogens is 1. The molecule has 3 N–H and O–H groups in total. The van der Waals surface area contributed by atoms with Crippen LogP contribution in [0.1, 0.15) is 15.9 Å². The van der Waals surface area contributed by atoms with Gasteiger partial charge in [0.15, 0.2) is 0 Å². The van der Waals surface area contributed by atoms with Gasteiger partial charge in [-0.15, -0.1) is 0 Å². The smallest absolute Gasteiger partial charge is 0.296 e. The molecule has 4 nitrogen and oxygen atoms in total. The number of anilines is 1. The normalized spacial score (nSPS) is 12.6. The molecule has 0 unspecified atom stereocenters. The molecule has 1 aromatic heterocycles. The number of hydrogen-bond donors (Lipinski definition) is 2. The highest BCUT2D eigenvalue weighted by Crippen LogP contribution is 2.43. The molecule has 1 amide bonds. The summed E-state index contributed by atoms with van der Waals surface area (Å²) in [5.41, 5.74) is -4.41. The Morgan fingerprint density at radius 2 is 1.52 bits per heavy atom. The third-order valence-electron chi connectivity index (χ3n) is 3.56. The number of H-pyrrole nitrogens is 1. The van der Waals surface area contributed by atoms with E-state index in [9.17, 15) is 31.1 Å². The Morgan fingerprint density at radius 3 is 1.96 bits per heavy atom. The Labute approximate surface area is 154 Å². The van der Waals surface area contributed by atoms with Crippen molar-refractivity contribution in [3.8, 4) is 0 Å². The van der Waals surface area contributed by atoms with E-state index in [4.69, 9.17) is 11.6 Å². The van der Waals surface area contributed by atoms with Crippen molar-refractivity contribution in [2.75, 3.05) is 5.32 Å². The van der Waals surface area contributed by atoms with Crippen LogP contribution in [0.3, 0.4) is 0 Å². The number of alkyl halides is 6. The van der Waals surface area contributed by atoms with Crippen molar-refractivity contribution >= 4 is 23.3 Å². The van der Waals surface area contributed by atoms with Crippen LogP contribution < -0.4 is 15.6 Å². The number of amides is 1. The van der Waals surface area contributed by atoms with E-state index in [1.54, 1.807) is 6.92 Å². The lowest BCUT2D eigenvalue weighted by Crippen LogP contribution is -2.72. The van der Waals surface area contributed by atoms with Crippen LogP contribution in [0.4, 0.5) is 32.2 Å². The fourth-order valence-electron chi connectivity index (χ4n) is 2.11. The van der Waals surface area contributed by atoms with E-state index < -0.39 is 29.7 Å². The minimum absolute atomic E-state index is 0.0638. The predicted octanol–water partition coefficient (Wildman–Crippen LogP) is 4.13. The van der Waals surface area contributed by atoms with Crippen LogP contribution >= 0.6 is 11.6 Å². The summed E-state index contributed by atoms with van der Waals surface area (Å²) in [6.07, 6.45) is -10.8. The topological polar surface area (TPSA) is 55.3 Å². The van der Waals surface area contributed by atoms with Gasteiger partial charge in [-0.25, -0.2) is 10.3 Å². The third kappa shape index (κ3) is 4.44. The zero-order chi connectivity index (χ0) is 20.5. The predicted molar refractivity (Wildman–Crippen MR) is 85.1 cm³/mol. The maximum atomic E-state index is 13.5. The van der Waals surface area contributed by atoms with Gasteiger partial charge in [-0.05, 0) is 25.1 Å². The summed E-state index contributed by atoms with van der Waals surface area (Å²) >= 11 is 5.57. The van der Waals surface area contributed by atoms with Crippen LogP contribution in [0, 0.1) is 6.92 Å². The largest absolute Gasteiger partial charge is 0.462 e. The van der Waals surface area contributed by atoms with Gasteiger partial charge in [-0.3, -0.25) is 10.1 Å². The second-order valence-electron chi connectivity index (χ2n) is 5.61. The maximum absolute atomic E-state index is 13.5. The fourth-order valence-corrected chi connectivity index (χ4v) is 2.23. The summed E-state index contributed by atoms with van der Waals surface area (Å²) < 4.78 is 81.2. The molecule has 1 heterocycles. The molecular weight excluding hydrogens is 400 g/mol. The van der Waals surface area contributed by atoms with Crippen molar-refractivity contribution < 1.29 is 36.1 Å². The first kappa shape index (κ1) is 20.8. The zero-order valence-corrected chi connectivity index (χ0v) is 14.4. The van der Waals surface area contributed by atoms with E-state index in [0.29, 0.717) is 5.56 Å². The molecular formula is C16H13ClF6N3O+. The van der Waals surface area contributed by atoms with E-state index in [2.05, 4.69) is 4.98 Å². The lowest BCUT2D eigenvalue weighted by Gasteiger charge is -2.34. The van der Waals surface area contributed by atoms with Gasteiger partial charge in [0.05, 0.1) is 5.02 Å². The molecule has 1 aromatic carbocycles. The van der Waals surface area contributed by atoms with Gasteiger partial charge in [0.1, 0.15) is 6.20 Å². The van der Waals surface area contributed by atoms with Gasteiger partial charge >= 0.3 is 18.0 Å². The Bertz CT molecular complexity index is 789. The molecule has 0 aliphatic rings. The first-order chi connectivity index (χ1) is 12.4. The molecule has 27 heavy (non-hydrogen) atoms. The summed E-state index contributed by atoms with van der Waals surface area (Å²) in [7, 11) is 0. The number of nitrogens with one attached hydrogen (secondary N) is 3. The molecule has 0 aliphatic carbocycles. The highest BCUT2D eigenvalue weighted by molar-refractivity contribution is 6.30. The van der Waals surface area contributed by atoms with Crippen molar-refractivity contribution in [1.29, 1.82) is 0 Å². The molecule has 0 bridgehead atoms. The van der Waals surface area contributed by atoms with Crippen LogP contribution in [-0.4, -0.2) is 23.9 Å². The Morgan fingerprint density at radius 1 is 0.963 bits per heavy atom. The molecule has 0 atom stereocenters. The standard InChI is InChI=1S/C16H12ClF6N3O/c1-9-2-4-10(5-3-9)13(27)26-14(15(18,19)20,16(21,22)23)25-12-7-6-11(17)8-24-12/h2-8H,1H3,(H,24,25)(H,26,27)/p+1.